The highest BCUT2D eigenvalue weighted by Crippen LogP contribution is 2.22. The Balaban J connectivity index is 2.63. The van der Waals surface area contributed by atoms with E-state index in [4.69, 9.17) is 4.42 Å². The lowest BCUT2D eigenvalue weighted by molar-refractivity contribution is 0.0655. The van der Waals surface area contributed by atoms with Crippen LogP contribution in [0.5, 0.6) is 0 Å². The Hall–Kier alpha value is -3.42. The van der Waals surface area contributed by atoms with Gasteiger partial charge in [0.05, 0.1) is 5.35 Å². The van der Waals surface area contributed by atoms with Crippen LogP contribution >= 0.6 is 0 Å². The second-order valence-corrected chi connectivity index (χ2v) is 6.43. The molecule has 8 heteroatoms. The molecule has 2 aromatic rings. The molecule has 0 radical (unpaired) electrons. The number of aromatic carboxylic acids is 2. The van der Waals surface area contributed by atoms with Crippen LogP contribution in [-0.4, -0.2) is 26.7 Å². The highest BCUT2D eigenvalue weighted by molar-refractivity contribution is 5.86. The fraction of sp³-hybridized carbons (Fsp3) is 0.300. The molecule has 0 aromatic carbocycles. The van der Waals surface area contributed by atoms with E-state index in [1.807, 2.05) is 6.92 Å². The van der Waals surface area contributed by atoms with Crippen molar-refractivity contribution in [1.29, 1.82) is 0 Å². The standard InChI is InChI=1S/C20H19NO7/c1-3-5-12-17-10(14(22)8-13(19(24)25)21(17)4-2)6-7-11-15(23)9-16(20(26)27)28-18(11)12/h6,8-9H,3-5,7H2,1-2H3,(H,24,25)(H,26,27). The van der Waals surface area contributed by atoms with Gasteiger partial charge in [-0.1, -0.05) is 19.4 Å². The lowest BCUT2D eigenvalue weighted by atomic mass is 10.0. The molecular formula is C20H19NO7. The highest BCUT2D eigenvalue weighted by atomic mass is 16.4. The van der Waals surface area contributed by atoms with Crippen molar-refractivity contribution in [3.05, 3.63) is 65.9 Å². The molecule has 1 aliphatic rings. The Morgan fingerprint density at radius 2 is 1.82 bits per heavy atom. The van der Waals surface area contributed by atoms with Crippen LogP contribution < -0.4 is 21.4 Å². The molecule has 3 rings (SSSR count). The molecule has 8 nitrogen and oxygen atoms in total. The maximum absolute atomic E-state index is 12.6. The number of nitrogens with zero attached hydrogens (tertiary/aromatic N) is 1. The first kappa shape index (κ1) is 19.3. The average Bonchev–Trinajstić information content (AvgIpc) is 2.80. The molecule has 0 fully saturated rings. The van der Waals surface area contributed by atoms with Gasteiger partial charge in [0.1, 0.15) is 11.5 Å². The Kier molecular flexibility index (Phi) is 5.04. The number of carbonyl (C=O) groups is 2. The Morgan fingerprint density at radius 1 is 1.11 bits per heavy atom. The first-order chi connectivity index (χ1) is 13.3. The van der Waals surface area contributed by atoms with Gasteiger partial charge in [-0.05, 0) is 19.8 Å². The quantitative estimate of drug-likeness (QED) is 0.770. The van der Waals surface area contributed by atoms with Crippen molar-refractivity contribution in [3.8, 4) is 0 Å². The molecule has 0 saturated heterocycles. The van der Waals surface area contributed by atoms with Crippen LogP contribution in [-0.2, 0) is 13.0 Å². The SMILES string of the molecule is CCCC1=c2c(c(=O)cc(C(=O)O)n2CC)=CCc2c1oc(C(=O)O)cc2=O. The summed E-state index contributed by atoms with van der Waals surface area (Å²) in [7, 11) is 0. The normalized spacial score (nSPS) is 12.6. The van der Waals surface area contributed by atoms with E-state index in [1.165, 1.54) is 4.57 Å². The van der Waals surface area contributed by atoms with Gasteiger partial charge >= 0.3 is 11.9 Å². The summed E-state index contributed by atoms with van der Waals surface area (Å²) in [5.74, 6) is -3.02. The van der Waals surface area contributed by atoms with E-state index in [0.29, 0.717) is 23.8 Å². The van der Waals surface area contributed by atoms with Crippen LogP contribution in [0.15, 0.2) is 26.1 Å². The second kappa shape index (κ2) is 7.30. The van der Waals surface area contributed by atoms with Gasteiger partial charge in [0.25, 0.3) is 0 Å². The Morgan fingerprint density at radius 3 is 2.39 bits per heavy atom. The molecule has 2 heterocycles. The third kappa shape index (κ3) is 3.06. The minimum Gasteiger partial charge on any atom is -0.477 e. The summed E-state index contributed by atoms with van der Waals surface area (Å²) in [4.78, 5) is 48.2. The number of pyridine rings is 1. The van der Waals surface area contributed by atoms with Gasteiger partial charge in [-0.15, -0.1) is 0 Å². The molecule has 28 heavy (non-hydrogen) atoms. The maximum atomic E-state index is 12.6. The fourth-order valence-corrected chi connectivity index (χ4v) is 3.55. The topological polar surface area (TPSA) is 127 Å². The van der Waals surface area contributed by atoms with Crippen molar-refractivity contribution in [2.45, 2.75) is 39.7 Å². The smallest absolute Gasteiger partial charge is 0.371 e. The number of aromatic nitrogens is 1. The van der Waals surface area contributed by atoms with Gasteiger partial charge in [0, 0.05) is 35.0 Å². The summed E-state index contributed by atoms with van der Waals surface area (Å²) < 4.78 is 7.05. The molecule has 0 aliphatic heterocycles. The molecule has 0 spiro atoms. The molecular weight excluding hydrogens is 366 g/mol. The largest absolute Gasteiger partial charge is 0.477 e. The third-order valence-corrected chi connectivity index (χ3v) is 4.71. The summed E-state index contributed by atoms with van der Waals surface area (Å²) >= 11 is 0. The van der Waals surface area contributed by atoms with Gasteiger partial charge in [-0.2, -0.15) is 0 Å². The van der Waals surface area contributed by atoms with E-state index in [-0.39, 0.29) is 35.2 Å². The first-order valence-electron chi connectivity index (χ1n) is 8.91. The zero-order chi connectivity index (χ0) is 20.6. The van der Waals surface area contributed by atoms with Crippen molar-refractivity contribution in [3.63, 3.8) is 0 Å². The molecule has 1 aliphatic carbocycles. The molecule has 146 valence electrons. The van der Waals surface area contributed by atoms with Crippen LogP contribution in [0.1, 0.15) is 59.1 Å². The van der Waals surface area contributed by atoms with Gasteiger partial charge in [-0.25, -0.2) is 9.59 Å². The van der Waals surface area contributed by atoms with Crippen LogP contribution in [0.25, 0.3) is 11.6 Å². The zero-order valence-electron chi connectivity index (χ0n) is 15.4. The highest BCUT2D eigenvalue weighted by Gasteiger charge is 2.23. The summed E-state index contributed by atoms with van der Waals surface area (Å²) in [5, 5.41) is 19.5. The first-order valence-corrected chi connectivity index (χ1v) is 8.91. The number of fused-ring (bicyclic) bond motifs is 2. The summed E-state index contributed by atoms with van der Waals surface area (Å²) in [6.45, 7) is 3.90. The molecule has 0 bridgehead atoms. The van der Waals surface area contributed by atoms with Gasteiger partial charge in [-0.3, -0.25) is 9.59 Å². The lowest BCUT2D eigenvalue weighted by Crippen LogP contribution is -2.48. The van der Waals surface area contributed by atoms with Crippen LogP contribution in [0.4, 0.5) is 0 Å². The summed E-state index contributed by atoms with van der Waals surface area (Å²) in [6, 6.07) is 1.99. The molecule has 2 aromatic heterocycles. The Labute approximate surface area is 158 Å². The maximum Gasteiger partial charge on any atom is 0.371 e. The van der Waals surface area contributed by atoms with Crippen molar-refractivity contribution in [2.75, 3.05) is 0 Å². The minimum atomic E-state index is -1.38. The average molecular weight is 385 g/mol. The molecule has 0 amide bonds. The summed E-state index contributed by atoms with van der Waals surface area (Å²) in [6.07, 6.45) is 2.66. The van der Waals surface area contributed by atoms with E-state index in [0.717, 1.165) is 12.1 Å². The number of hydrogen-bond acceptors (Lipinski definition) is 5. The van der Waals surface area contributed by atoms with Crippen LogP contribution in [0, 0.1) is 0 Å². The van der Waals surface area contributed by atoms with Crippen molar-refractivity contribution in [1.82, 2.24) is 4.57 Å². The number of carboxylic acid groups (broad SMARTS) is 2. The van der Waals surface area contributed by atoms with Crippen molar-refractivity contribution >= 4 is 23.6 Å². The van der Waals surface area contributed by atoms with E-state index in [2.05, 4.69) is 0 Å². The second-order valence-electron chi connectivity index (χ2n) is 6.43. The predicted octanol–water partition coefficient (Wildman–Crippen LogP) is 0.553. The van der Waals surface area contributed by atoms with Crippen molar-refractivity contribution in [2.24, 2.45) is 0 Å². The number of rotatable bonds is 5. The third-order valence-electron chi connectivity index (χ3n) is 4.71. The van der Waals surface area contributed by atoms with Crippen LogP contribution in [0.3, 0.4) is 0 Å². The zero-order valence-corrected chi connectivity index (χ0v) is 15.4. The molecule has 0 saturated carbocycles. The Bertz CT molecular complexity index is 1230. The van der Waals surface area contributed by atoms with Gasteiger partial charge in [0.2, 0.25) is 5.76 Å². The predicted molar refractivity (Wildman–Crippen MR) is 100 cm³/mol. The molecule has 2 N–H and O–H groups in total. The number of carboxylic acids is 2. The lowest BCUT2D eigenvalue weighted by Gasteiger charge is -2.14. The molecule has 0 unspecified atom stereocenters. The van der Waals surface area contributed by atoms with E-state index < -0.39 is 28.6 Å². The monoisotopic (exact) mass is 385 g/mol. The fourth-order valence-electron chi connectivity index (χ4n) is 3.55. The number of hydrogen-bond donors (Lipinski definition) is 2. The summed E-state index contributed by atoms with van der Waals surface area (Å²) in [5.41, 5.74) is -0.421. The minimum absolute atomic E-state index is 0.0865. The van der Waals surface area contributed by atoms with E-state index in [1.54, 1.807) is 13.0 Å². The van der Waals surface area contributed by atoms with Crippen molar-refractivity contribution < 1.29 is 24.2 Å². The van der Waals surface area contributed by atoms with Gasteiger partial charge in [0.15, 0.2) is 10.9 Å². The van der Waals surface area contributed by atoms with Gasteiger partial charge < -0.3 is 19.2 Å². The van der Waals surface area contributed by atoms with E-state index in [9.17, 15) is 29.4 Å². The van der Waals surface area contributed by atoms with Crippen LogP contribution in [0.2, 0.25) is 0 Å². The van der Waals surface area contributed by atoms with E-state index >= 15 is 0 Å². The molecule has 0 atom stereocenters.